The van der Waals surface area contributed by atoms with Gasteiger partial charge in [-0.05, 0) is 94.0 Å². The quantitative estimate of drug-likeness (QED) is 0.661. The van der Waals surface area contributed by atoms with Crippen LogP contribution < -0.4 is 4.74 Å². The lowest BCUT2D eigenvalue weighted by Gasteiger charge is -2.37. The van der Waals surface area contributed by atoms with Crippen LogP contribution in [0.4, 0.5) is 0 Å². The summed E-state index contributed by atoms with van der Waals surface area (Å²) in [6.07, 6.45) is 7.45. The van der Waals surface area contributed by atoms with Crippen molar-refractivity contribution in [3.8, 4) is 5.75 Å². The molecule has 1 aliphatic heterocycles. The fourth-order valence-corrected chi connectivity index (χ4v) is 3.55. The molecule has 98 valence electrons. The Morgan fingerprint density at radius 3 is 2.17 bits per heavy atom. The zero-order valence-electron chi connectivity index (χ0n) is 12.2. The molecule has 0 spiro atoms. The number of ether oxygens (including phenoxy) is 1. The molecule has 1 aliphatic carbocycles. The fourth-order valence-electron chi connectivity index (χ4n) is 3.55. The second kappa shape index (κ2) is 4.01. The summed E-state index contributed by atoms with van der Waals surface area (Å²) in [6, 6.07) is 0. The van der Waals surface area contributed by atoms with E-state index in [9.17, 15) is 0 Å². The van der Waals surface area contributed by atoms with Gasteiger partial charge in [0.1, 0.15) is 11.4 Å². The van der Waals surface area contributed by atoms with Crippen molar-refractivity contribution in [2.24, 2.45) is 0 Å². The van der Waals surface area contributed by atoms with E-state index in [1.165, 1.54) is 60.1 Å². The van der Waals surface area contributed by atoms with Gasteiger partial charge in [0.2, 0.25) is 0 Å². The molecule has 1 aromatic rings. The molecule has 0 atom stereocenters. The molecule has 3 rings (SSSR count). The highest BCUT2D eigenvalue weighted by atomic mass is 16.5. The van der Waals surface area contributed by atoms with E-state index in [1.807, 2.05) is 0 Å². The number of hydrogen-bond acceptors (Lipinski definition) is 1. The van der Waals surface area contributed by atoms with Crippen molar-refractivity contribution in [1.29, 1.82) is 0 Å². The Kier molecular flexibility index (Phi) is 2.69. The zero-order chi connectivity index (χ0) is 12.9. The number of benzene rings is 1. The second-order valence-electron chi connectivity index (χ2n) is 6.58. The average Bonchev–Trinajstić information content (AvgIpc) is 2.35. The van der Waals surface area contributed by atoms with E-state index in [0.29, 0.717) is 0 Å². The third-order valence-electron chi connectivity index (χ3n) is 4.84. The van der Waals surface area contributed by atoms with Gasteiger partial charge in [0.15, 0.2) is 0 Å². The Morgan fingerprint density at radius 1 is 0.833 bits per heavy atom. The van der Waals surface area contributed by atoms with Gasteiger partial charge in [-0.15, -0.1) is 0 Å². The molecule has 0 N–H and O–H groups in total. The molecule has 1 nitrogen and oxygen atoms in total. The molecule has 0 saturated carbocycles. The summed E-state index contributed by atoms with van der Waals surface area (Å²) in [6.45, 7) is 9.03. The lowest BCUT2D eigenvalue weighted by atomic mass is 9.80. The lowest BCUT2D eigenvalue weighted by molar-refractivity contribution is 0.0826. The van der Waals surface area contributed by atoms with Gasteiger partial charge in [-0.3, -0.25) is 0 Å². The summed E-state index contributed by atoms with van der Waals surface area (Å²) < 4.78 is 6.35. The van der Waals surface area contributed by atoms with Crippen LogP contribution in [0.5, 0.6) is 5.75 Å². The van der Waals surface area contributed by atoms with Crippen molar-refractivity contribution >= 4 is 0 Å². The lowest BCUT2D eigenvalue weighted by Crippen LogP contribution is -2.34. The van der Waals surface area contributed by atoms with Crippen LogP contribution in [0.2, 0.25) is 0 Å². The zero-order valence-corrected chi connectivity index (χ0v) is 12.2. The van der Waals surface area contributed by atoms with Gasteiger partial charge in [0.25, 0.3) is 0 Å². The van der Waals surface area contributed by atoms with Crippen molar-refractivity contribution in [2.75, 3.05) is 0 Å². The molecule has 0 fully saturated rings. The van der Waals surface area contributed by atoms with Crippen molar-refractivity contribution in [2.45, 2.75) is 71.8 Å². The summed E-state index contributed by atoms with van der Waals surface area (Å²) in [5.74, 6) is 1.25. The van der Waals surface area contributed by atoms with E-state index >= 15 is 0 Å². The molecule has 0 bridgehead atoms. The van der Waals surface area contributed by atoms with E-state index in [2.05, 4.69) is 27.7 Å². The highest BCUT2D eigenvalue weighted by Crippen LogP contribution is 2.43. The van der Waals surface area contributed by atoms with E-state index in [1.54, 1.807) is 5.56 Å². The van der Waals surface area contributed by atoms with Crippen LogP contribution in [0, 0.1) is 13.8 Å². The van der Waals surface area contributed by atoms with Crippen LogP contribution in [0.25, 0.3) is 0 Å². The summed E-state index contributed by atoms with van der Waals surface area (Å²) in [5.41, 5.74) is 7.66. The van der Waals surface area contributed by atoms with E-state index in [-0.39, 0.29) is 5.60 Å². The Bertz CT molecular complexity index is 497. The normalized spacial score (nSPS) is 20.9. The van der Waals surface area contributed by atoms with Gasteiger partial charge in [-0.2, -0.15) is 0 Å². The largest absolute Gasteiger partial charge is 0.487 e. The molecule has 0 aromatic heterocycles. The predicted octanol–water partition coefficient (Wildman–Crippen LogP) is 4.29. The van der Waals surface area contributed by atoms with Crippen LogP contribution in [0.1, 0.15) is 60.9 Å². The summed E-state index contributed by atoms with van der Waals surface area (Å²) in [4.78, 5) is 0. The Balaban J connectivity index is 2.21. The number of rotatable bonds is 0. The summed E-state index contributed by atoms with van der Waals surface area (Å²) in [7, 11) is 0. The Labute approximate surface area is 111 Å². The minimum atomic E-state index is 0.0138. The molecule has 0 radical (unpaired) electrons. The molecule has 1 aromatic carbocycles. The smallest absolute Gasteiger partial charge is 0.127 e. The minimum absolute atomic E-state index is 0.0138. The maximum atomic E-state index is 6.35. The van der Waals surface area contributed by atoms with Crippen LogP contribution in [0.3, 0.4) is 0 Å². The first-order chi connectivity index (χ1) is 8.49. The SMILES string of the molecule is Cc1c(C)c2c(c3c1CCCC3)OC(C)(C)CC2. The van der Waals surface area contributed by atoms with Crippen LogP contribution in [0.15, 0.2) is 0 Å². The second-order valence-corrected chi connectivity index (χ2v) is 6.58. The summed E-state index contributed by atoms with van der Waals surface area (Å²) >= 11 is 0. The first kappa shape index (κ1) is 12.1. The first-order valence-corrected chi connectivity index (χ1v) is 7.32. The molecule has 2 aliphatic rings. The van der Waals surface area contributed by atoms with Crippen molar-refractivity contribution < 1.29 is 4.74 Å². The molecule has 0 saturated heterocycles. The standard InChI is InChI=1S/C17H24O/c1-11-12(2)14-9-10-17(3,4)18-16(14)15-8-6-5-7-13(11)15/h5-10H2,1-4H3. The van der Waals surface area contributed by atoms with Crippen LogP contribution in [-0.2, 0) is 19.3 Å². The predicted molar refractivity (Wildman–Crippen MR) is 75.6 cm³/mol. The highest BCUT2D eigenvalue weighted by molar-refractivity contribution is 5.57. The molecule has 0 unspecified atom stereocenters. The Hall–Kier alpha value is -0.980. The van der Waals surface area contributed by atoms with Crippen LogP contribution >= 0.6 is 0 Å². The van der Waals surface area contributed by atoms with E-state index in [4.69, 9.17) is 4.74 Å². The minimum Gasteiger partial charge on any atom is -0.487 e. The van der Waals surface area contributed by atoms with Gasteiger partial charge in [0, 0.05) is 0 Å². The molecular formula is C17H24O. The van der Waals surface area contributed by atoms with Crippen LogP contribution in [-0.4, -0.2) is 5.60 Å². The molecule has 0 amide bonds. The van der Waals surface area contributed by atoms with Crippen molar-refractivity contribution in [3.05, 3.63) is 27.8 Å². The molecule has 18 heavy (non-hydrogen) atoms. The number of fused-ring (bicyclic) bond motifs is 3. The van der Waals surface area contributed by atoms with Gasteiger partial charge in [-0.25, -0.2) is 0 Å². The third-order valence-corrected chi connectivity index (χ3v) is 4.84. The first-order valence-electron chi connectivity index (χ1n) is 7.32. The topological polar surface area (TPSA) is 9.23 Å². The number of hydrogen-bond donors (Lipinski definition) is 0. The van der Waals surface area contributed by atoms with E-state index < -0.39 is 0 Å². The third kappa shape index (κ3) is 1.75. The molecule has 1 heteroatoms. The monoisotopic (exact) mass is 244 g/mol. The maximum absolute atomic E-state index is 6.35. The Morgan fingerprint density at radius 2 is 1.44 bits per heavy atom. The van der Waals surface area contributed by atoms with E-state index in [0.717, 1.165) is 6.42 Å². The maximum Gasteiger partial charge on any atom is 0.127 e. The van der Waals surface area contributed by atoms with Gasteiger partial charge < -0.3 is 4.74 Å². The average molecular weight is 244 g/mol. The van der Waals surface area contributed by atoms with Gasteiger partial charge in [-0.1, -0.05) is 0 Å². The highest BCUT2D eigenvalue weighted by Gasteiger charge is 2.32. The van der Waals surface area contributed by atoms with Gasteiger partial charge >= 0.3 is 0 Å². The van der Waals surface area contributed by atoms with Crippen molar-refractivity contribution in [1.82, 2.24) is 0 Å². The fraction of sp³-hybridized carbons (Fsp3) is 0.647. The van der Waals surface area contributed by atoms with Gasteiger partial charge in [0.05, 0.1) is 0 Å². The van der Waals surface area contributed by atoms with Crippen molar-refractivity contribution in [3.63, 3.8) is 0 Å². The molecule has 1 heterocycles. The molecular weight excluding hydrogens is 220 g/mol. The summed E-state index contributed by atoms with van der Waals surface area (Å²) in [5, 5.41) is 0.